The Balaban J connectivity index is 0. The summed E-state index contributed by atoms with van der Waals surface area (Å²) in [5.74, 6) is 0. The lowest BCUT2D eigenvalue weighted by atomic mass is 10.8. The van der Waals surface area contributed by atoms with Crippen molar-refractivity contribution in [3.05, 3.63) is 0 Å². The van der Waals surface area contributed by atoms with Crippen molar-refractivity contribution < 1.29 is 14.6 Å². The molecule has 0 aromatic heterocycles. The Morgan fingerprint density at radius 3 is 1.78 bits per heavy atom. The summed E-state index contributed by atoms with van der Waals surface area (Å²) in [6.07, 6.45) is 0. The number of hydrogen-bond acceptors (Lipinski definition) is 3. The lowest BCUT2D eigenvalue weighted by Gasteiger charge is -2.07. The first-order chi connectivity index (χ1) is 3.81. The van der Waals surface area contributed by atoms with Gasteiger partial charge in [-0.15, -0.1) is 0 Å². The van der Waals surface area contributed by atoms with Crippen LogP contribution in [-0.4, -0.2) is 42.2 Å². The average molecular weight is 150 g/mol. The van der Waals surface area contributed by atoms with Gasteiger partial charge in [0.25, 0.3) is 6.48 Å². The van der Waals surface area contributed by atoms with Crippen LogP contribution in [0.3, 0.4) is 0 Å². The molecular weight excluding hydrogens is 135 g/mol. The molecule has 0 unspecified atom stereocenters. The fraction of sp³-hybridized carbons (Fsp3) is 1.00. The number of hydrogen-bond donors (Lipinski definition) is 1. The molecule has 0 aromatic rings. The second kappa shape index (κ2) is 8.41. The van der Waals surface area contributed by atoms with Gasteiger partial charge in [0.05, 0.1) is 0 Å². The third kappa shape index (κ3) is 8.41. The van der Waals surface area contributed by atoms with Crippen molar-refractivity contribution >= 4 is 17.4 Å². The Labute approximate surface area is 66.1 Å². The van der Waals surface area contributed by atoms with E-state index in [1.807, 2.05) is 0 Å². The first-order valence-corrected chi connectivity index (χ1v) is 2.72. The largest absolute Gasteiger partial charge is 0.346 e. The molecule has 0 fully saturated rings. The molecule has 0 aliphatic rings. The Morgan fingerprint density at radius 1 is 1.22 bits per heavy atom. The van der Waals surface area contributed by atoms with Gasteiger partial charge in [-0.3, -0.25) is 0 Å². The highest BCUT2D eigenvalue weighted by Gasteiger charge is 1.97. The van der Waals surface area contributed by atoms with E-state index in [1.165, 1.54) is 0 Å². The van der Waals surface area contributed by atoms with Gasteiger partial charge < -0.3 is 14.6 Å². The van der Waals surface area contributed by atoms with E-state index in [4.69, 9.17) is 5.11 Å². The maximum atomic E-state index is 8.60. The smallest absolute Gasteiger partial charge is 0.269 e. The molecule has 0 bridgehead atoms. The van der Waals surface area contributed by atoms with E-state index in [9.17, 15) is 0 Å². The summed E-state index contributed by atoms with van der Waals surface area (Å²) in [4.78, 5) is 0. The van der Waals surface area contributed by atoms with E-state index >= 15 is 0 Å². The Hall–Kier alpha value is 0.412. The lowest BCUT2D eigenvalue weighted by Crippen LogP contribution is -2.15. The fourth-order valence-electron chi connectivity index (χ4n) is 0.333. The monoisotopic (exact) mass is 150 g/mol. The molecule has 0 heterocycles. The summed E-state index contributed by atoms with van der Waals surface area (Å²) in [6, 6.07) is 0. The number of ether oxygens (including phenoxy) is 2. The maximum Gasteiger partial charge on any atom is 0.269 e. The van der Waals surface area contributed by atoms with E-state index in [0.29, 0.717) is 13.2 Å². The molecule has 0 aliphatic carbocycles. The molecular formula is C5H15AlO3. The van der Waals surface area contributed by atoms with Crippen LogP contribution in [-0.2, 0) is 9.47 Å². The topological polar surface area (TPSA) is 38.7 Å². The molecule has 0 amide bonds. The number of aliphatic hydroxyl groups is 1. The van der Waals surface area contributed by atoms with Crippen LogP contribution in [0, 0.1) is 0 Å². The second-order valence-electron chi connectivity index (χ2n) is 1.22. The summed E-state index contributed by atoms with van der Waals surface area (Å²) in [7, 11) is 0. The van der Waals surface area contributed by atoms with Gasteiger partial charge in [0.1, 0.15) is 0 Å². The molecule has 56 valence electrons. The standard InChI is InChI=1S/C5H12O3.Al.3H/c1-3-7-5(6)8-4-2;;;;/h5-6H,3-4H2,1-2H3;;;;. The fourth-order valence-corrected chi connectivity index (χ4v) is 0.333. The third-order valence-corrected chi connectivity index (χ3v) is 0.618. The number of aliphatic hydroxyl groups excluding tert-OH is 1. The zero-order chi connectivity index (χ0) is 6.41. The van der Waals surface area contributed by atoms with E-state index in [2.05, 4.69) is 9.47 Å². The summed E-state index contributed by atoms with van der Waals surface area (Å²) in [5.41, 5.74) is 0. The van der Waals surface area contributed by atoms with Crippen molar-refractivity contribution in [1.82, 2.24) is 0 Å². The predicted octanol–water partition coefficient (Wildman–Crippen LogP) is -0.849. The minimum absolute atomic E-state index is 0. The van der Waals surface area contributed by atoms with Crippen LogP contribution >= 0.6 is 0 Å². The average Bonchev–Trinajstić information content (AvgIpc) is 1.68. The predicted molar refractivity (Wildman–Crippen MR) is 39.2 cm³/mol. The first-order valence-electron chi connectivity index (χ1n) is 2.72. The molecule has 0 radical (unpaired) electrons. The second-order valence-corrected chi connectivity index (χ2v) is 1.22. The third-order valence-electron chi connectivity index (χ3n) is 0.618. The minimum Gasteiger partial charge on any atom is -0.346 e. The molecule has 0 rings (SSSR count). The van der Waals surface area contributed by atoms with Crippen molar-refractivity contribution in [2.24, 2.45) is 0 Å². The Bertz CT molecular complexity index is 45.5. The highest BCUT2D eigenvalue weighted by atomic mass is 27.0. The van der Waals surface area contributed by atoms with Crippen molar-refractivity contribution in [2.75, 3.05) is 13.2 Å². The van der Waals surface area contributed by atoms with E-state index < -0.39 is 6.48 Å². The molecule has 0 saturated carbocycles. The van der Waals surface area contributed by atoms with Crippen LogP contribution in [0.25, 0.3) is 0 Å². The summed E-state index contributed by atoms with van der Waals surface area (Å²) in [5, 5.41) is 8.60. The summed E-state index contributed by atoms with van der Waals surface area (Å²) < 4.78 is 9.23. The molecule has 0 atom stereocenters. The molecule has 4 heteroatoms. The van der Waals surface area contributed by atoms with Gasteiger partial charge in [-0.05, 0) is 13.8 Å². The Kier molecular flexibility index (Phi) is 11.3. The van der Waals surface area contributed by atoms with Gasteiger partial charge in [-0.2, -0.15) is 0 Å². The first kappa shape index (κ1) is 12.1. The lowest BCUT2D eigenvalue weighted by molar-refractivity contribution is -0.258. The Morgan fingerprint density at radius 2 is 1.56 bits per heavy atom. The van der Waals surface area contributed by atoms with Gasteiger partial charge in [0.15, 0.2) is 17.4 Å². The van der Waals surface area contributed by atoms with Gasteiger partial charge in [0.2, 0.25) is 0 Å². The van der Waals surface area contributed by atoms with Crippen LogP contribution < -0.4 is 0 Å². The molecule has 0 spiro atoms. The van der Waals surface area contributed by atoms with Gasteiger partial charge in [0, 0.05) is 13.2 Å². The van der Waals surface area contributed by atoms with E-state index in [1.54, 1.807) is 13.8 Å². The van der Waals surface area contributed by atoms with E-state index in [0.717, 1.165) is 0 Å². The molecule has 0 aromatic carbocycles. The van der Waals surface area contributed by atoms with Gasteiger partial charge >= 0.3 is 0 Å². The SMILES string of the molecule is CCOC(O)OCC.[AlH3]. The zero-order valence-electron chi connectivity index (χ0n) is 5.26. The molecule has 1 N–H and O–H groups in total. The van der Waals surface area contributed by atoms with Crippen molar-refractivity contribution in [2.45, 2.75) is 20.3 Å². The molecule has 0 aliphatic heterocycles. The van der Waals surface area contributed by atoms with Gasteiger partial charge in [-0.25, -0.2) is 0 Å². The van der Waals surface area contributed by atoms with Crippen LogP contribution in [0.4, 0.5) is 0 Å². The van der Waals surface area contributed by atoms with Crippen molar-refractivity contribution in [3.8, 4) is 0 Å². The highest BCUT2D eigenvalue weighted by Crippen LogP contribution is 1.86. The quantitative estimate of drug-likeness (QED) is 0.419. The van der Waals surface area contributed by atoms with Crippen LogP contribution in [0.15, 0.2) is 0 Å². The van der Waals surface area contributed by atoms with Crippen molar-refractivity contribution in [1.29, 1.82) is 0 Å². The molecule has 0 saturated heterocycles. The van der Waals surface area contributed by atoms with Gasteiger partial charge in [-0.1, -0.05) is 0 Å². The molecule has 9 heavy (non-hydrogen) atoms. The maximum absolute atomic E-state index is 8.60. The summed E-state index contributed by atoms with van der Waals surface area (Å²) >= 11 is 0. The van der Waals surface area contributed by atoms with E-state index in [-0.39, 0.29) is 17.4 Å². The highest BCUT2D eigenvalue weighted by molar-refractivity contribution is 5.75. The number of rotatable bonds is 4. The molecule has 3 nitrogen and oxygen atoms in total. The van der Waals surface area contributed by atoms with Crippen LogP contribution in [0.5, 0.6) is 0 Å². The van der Waals surface area contributed by atoms with Crippen molar-refractivity contribution in [3.63, 3.8) is 0 Å². The zero-order valence-corrected chi connectivity index (χ0v) is 5.26. The van der Waals surface area contributed by atoms with Crippen LogP contribution in [0.1, 0.15) is 13.8 Å². The normalized spacial score (nSPS) is 9.33. The van der Waals surface area contributed by atoms with Crippen LogP contribution in [0.2, 0.25) is 0 Å². The minimum atomic E-state index is -1.04. The summed E-state index contributed by atoms with van der Waals surface area (Å²) in [6.45, 7) is 3.50.